The van der Waals surface area contributed by atoms with Gasteiger partial charge in [0, 0.05) is 16.0 Å². The topological polar surface area (TPSA) is 49.3 Å². The minimum absolute atomic E-state index is 0.165. The van der Waals surface area contributed by atoms with Crippen molar-refractivity contribution in [2.24, 2.45) is 0 Å². The van der Waals surface area contributed by atoms with Crippen molar-refractivity contribution in [2.75, 3.05) is 6.61 Å². The molecule has 2 aromatic rings. The van der Waals surface area contributed by atoms with Crippen LogP contribution in [0, 0.1) is 11.8 Å². The van der Waals surface area contributed by atoms with Crippen molar-refractivity contribution in [3.63, 3.8) is 0 Å². The first-order valence-electron chi connectivity index (χ1n) is 5.91. The number of rotatable bonds is 3. The average molecular weight is 306 g/mol. The zero-order chi connectivity index (χ0) is 14.4. The normalized spacial score (nSPS) is 9.70. The van der Waals surface area contributed by atoms with Crippen LogP contribution in [-0.4, -0.2) is 17.6 Å². The summed E-state index contributed by atoms with van der Waals surface area (Å²) in [5, 5.41) is 11.5. The van der Waals surface area contributed by atoms with Crippen LogP contribution in [0.5, 0.6) is 0 Å². The number of thiophene rings is 1. The summed E-state index contributed by atoms with van der Waals surface area (Å²) in [6, 6.07) is 10.7. The van der Waals surface area contributed by atoms with Crippen LogP contribution in [0.25, 0.3) is 0 Å². The molecule has 5 heteroatoms. The minimum Gasteiger partial charge on any atom is -0.384 e. The molecule has 3 nitrogen and oxygen atoms in total. The molecule has 0 saturated carbocycles. The number of nitrogens with one attached hydrogen (secondary N) is 1. The van der Waals surface area contributed by atoms with Gasteiger partial charge in [0.2, 0.25) is 0 Å². The van der Waals surface area contributed by atoms with Crippen LogP contribution in [0.4, 0.5) is 0 Å². The van der Waals surface area contributed by atoms with E-state index in [1.54, 1.807) is 30.3 Å². The second kappa shape index (κ2) is 7.11. The maximum absolute atomic E-state index is 12.0. The van der Waals surface area contributed by atoms with Gasteiger partial charge >= 0.3 is 0 Å². The van der Waals surface area contributed by atoms with Crippen molar-refractivity contribution in [3.05, 3.63) is 56.7 Å². The van der Waals surface area contributed by atoms with Gasteiger partial charge in [0.1, 0.15) is 6.61 Å². The Bertz CT molecular complexity index is 670. The van der Waals surface area contributed by atoms with Gasteiger partial charge in [0.05, 0.1) is 10.9 Å². The Balaban J connectivity index is 2.01. The third-order valence-corrected chi connectivity index (χ3v) is 3.72. The number of halogens is 1. The van der Waals surface area contributed by atoms with Gasteiger partial charge < -0.3 is 10.4 Å². The van der Waals surface area contributed by atoms with E-state index >= 15 is 0 Å². The Hall–Kier alpha value is -1.80. The molecule has 1 amide bonds. The Kier molecular flexibility index (Phi) is 5.19. The zero-order valence-electron chi connectivity index (χ0n) is 10.5. The highest BCUT2D eigenvalue weighted by molar-refractivity contribution is 7.16. The lowest BCUT2D eigenvalue weighted by Gasteiger charge is -2.04. The third kappa shape index (κ3) is 4.10. The molecule has 2 rings (SSSR count). The predicted molar refractivity (Wildman–Crippen MR) is 80.9 cm³/mol. The molecule has 0 aliphatic rings. The molecule has 1 aromatic heterocycles. The molecule has 0 aliphatic heterocycles. The lowest BCUT2D eigenvalue weighted by atomic mass is 10.1. The first kappa shape index (κ1) is 14.6. The number of amides is 1. The van der Waals surface area contributed by atoms with Gasteiger partial charge in [-0.2, -0.15) is 0 Å². The minimum atomic E-state index is -0.199. The molecule has 20 heavy (non-hydrogen) atoms. The summed E-state index contributed by atoms with van der Waals surface area (Å²) in [5.74, 6) is 5.16. The van der Waals surface area contributed by atoms with Crippen molar-refractivity contribution in [2.45, 2.75) is 6.54 Å². The van der Waals surface area contributed by atoms with Crippen LogP contribution in [0.3, 0.4) is 0 Å². The van der Waals surface area contributed by atoms with Crippen molar-refractivity contribution in [1.29, 1.82) is 0 Å². The number of carbonyl (C=O) groups excluding carboxylic acids is 1. The van der Waals surface area contributed by atoms with E-state index in [-0.39, 0.29) is 12.5 Å². The largest absolute Gasteiger partial charge is 0.384 e. The Morgan fingerprint density at radius 3 is 2.90 bits per heavy atom. The molecular weight excluding hydrogens is 294 g/mol. The van der Waals surface area contributed by atoms with Crippen LogP contribution >= 0.6 is 22.9 Å². The van der Waals surface area contributed by atoms with Gasteiger partial charge in [-0.1, -0.05) is 29.5 Å². The Labute approximate surface area is 126 Å². The summed E-state index contributed by atoms with van der Waals surface area (Å²) in [6.07, 6.45) is 0. The molecule has 102 valence electrons. The predicted octanol–water partition coefficient (Wildman–Crippen LogP) is 2.68. The van der Waals surface area contributed by atoms with E-state index in [9.17, 15) is 4.79 Å². The lowest BCUT2D eigenvalue weighted by Crippen LogP contribution is -2.22. The fourth-order valence-electron chi connectivity index (χ4n) is 1.60. The SMILES string of the molecule is O=C(NCc1ccc(Cl)s1)c1cccc(C#CCO)c1. The van der Waals surface area contributed by atoms with E-state index in [1.807, 2.05) is 6.07 Å². The van der Waals surface area contributed by atoms with E-state index in [0.29, 0.717) is 22.0 Å². The summed E-state index contributed by atoms with van der Waals surface area (Å²) in [6.45, 7) is 0.248. The Morgan fingerprint density at radius 2 is 2.20 bits per heavy atom. The Morgan fingerprint density at radius 1 is 1.35 bits per heavy atom. The van der Waals surface area contributed by atoms with Crippen LogP contribution in [0.1, 0.15) is 20.8 Å². The van der Waals surface area contributed by atoms with Crippen LogP contribution < -0.4 is 5.32 Å². The van der Waals surface area contributed by atoms with Gasteiger partial charge in [-0.25, -0.2) is 0 Å². The summed E-state index contributed by atoms with van der Waals surface area (Å²) in [7, 11) is 0. The number of carbonyl (C=O) groups is 1. The van der Waals surface area contributed by atoms with E-state index in [4.69, 9.17) is 16.7 Å². The van der Waals surface area contributed by atoms with Gasteiger partial charge in [0.15, 0.2) is 0 Å². The fourth-order valence-corrected chi connectivity index (χ4v) is 2.62. The van der Waals surface area contributed by atoms with Crippen LogP contribution in [-0.2, 0) is 6.54 Å². The molecule has 0 fully saturated rings. The molecular formula is C15H12ClNO2S. The first-order chi connectivity index (χ1) is 9.69. The number of benzene rings is 1. The highest BCUT2D eigenvalue weighted by atomic mass is 35.5. The lowest BCUT2D eigenvalue weighted by molar-refractivity contribution is 0.0951. The number of hydrogen-bond acceptors (Lipinski definition) is 3. The molecule has 0 bridgehead atoms. The molecule has 0 unspecified atom stereocenters. The number of hydrogen-bond donors (Lipinski definition) is 2. The van der Waals surface area contributed by atoms with Crippen molar-refractivity contribution >= 4 is 28.8 Å². The standard InChI is InChI=1S/C15H12ClNO2S/c16-14-7-6-13(20-14)10-17-15(19)12-5-1-3-11(9-12)4-2-8-18/h1,3,5-7,9,18H,8,10H2,(H,17,19). The van der Waals surface area contributed by atoms with Crippen LogP contribution in [0.2, 0.25) is 4.34 Å². The molecule has 0 radical (unpaired) electrons. The van der Waals surface area contributed by atoms with E-state index in [0.717, 1.165) is 4.88 Å². The van der Waals surface area contributed by atoms with Gasteiger partial charge in [-0.15, -0.1) is 11.3 Å². The van der Waals surface area contributed by atoms with E-state index < -0.39 is 0 Å². The molecule has 0 spiro atoms. The molecule has 0 aliphatic carbocycles. The molecule has 1 aromatic carbocycles. The van der Waals surface area contributed by atoms with Crippen molar-refractivity contribution < 1.29 is 9.90 Å². The van der Waals surface area contributed by atoms with E-state index in [2.05, 4.69) is 17.2 Å². The molecule has 0 saturated heterocycles. The van der Waals surface area contributed by atoms with Gasteiger partial charge in [-0.3, -0.25) is 4.79 Å². The summed E-state index contributed by atoms with van der Waals surface area (Å²) in [4.78, 5) is 13.0. The van der Waals surface area contributed by atoms with Gasteiger partial charge in [-0.05, 0) is 30.3 Å². The average Bonchev–Trinajstić information content (AvgIpc) is 2.88. The maximum atomic E-state index is 12.0. The van der Waals surface area contributed by atoms with Crippen molar-refractivity contribution in [3.8, 4) is 11.8 Å². The molecule has 2 N–H and O–H groups in total. The number of aliphatic hydroxyl groups excluding tert-OH is 1. The van der Waals surface area contributed by atoms with Crippen molar-refractivity contribution in [1.82, 2.24) is 5.32 Å². The van der Waals surface area contributed by atoms with E-state index in [1.165, 1.54) is 11.3 Å². The van der Waals surface area contributed by atoms with Gasteiger partial charge in [0.25, 0.3) is 5.91 Å². The highest BCUT2D eigenvalue weighted by Crippen LogP contribution is 2.21. The maximum Gasteiger partial charge on any atom is 0.251 e. The summed E-state index contributed by atoms with van der Waals surface area (Å²) < 4.78 is 0.704. The highest BCUT2D eigenvalue weighted by Gasteiger charge is 2.06. The fraction of sp³-hybridized carbons (Fsp3) is 0.133. The summed E-state index contributed by atoms with van der Waals surface area (Å²) in [5.41, 5.74) is 1.24. The second-order valence-electron chi connectivity index (χ2n) is 3.93. The monoisotopic (exact) mass is 305 g/mol. The zero-order valence-corrected chi connectivity index (χ0v) is 12.1. The molecule has 1 heterocycles. The molecule has 0 atom stereocenters. The smallest absolute Gasteiger partial charge is 0.251 e. The second-order valence-corrected chi connectivity index (χ2v) is 5.73. The first-order valence-corrected chi connectivity index (χ1v) is 7.10. The quantitative estimate of drug-likeness (QED) is 0.857. The number of aliphatic hydroxyl groups is 1. The summed E-state index contributed by atoms with van der Waals surface area (Å²) >= 11 is 7.27. The third-order valence-electron chi connectivity index (χ3n) is 2.49. The van der Waals surface area contributed by atoms with Crippen LogP contribution in [0.15, 0.2) is 36.4 Å².